The molecule has 1 aromatic carbocycles. The summed E-state index contributed by atoms with van der Waals surface area (Å²) in [5, 5.41) is 4.10. The molecule has 0 radical (unpaired) electrons. The van der Waals surface area contributed by atoms with Gasteiger partial charge < -0.3 is 19.7 Å². The van der Waals surface area contributed by atoms with Gasteiger partial charge in [-0.2, -0.15) is 4.98 Å². The molecule has 0 spiro atoms. The minimum Gasteiger partial charge on any atom is -0.398 e. The molecule has 1 aromatic heterocycles. The van der Waals surface area contributed by atoms with Crippen molar-refractivity contribution in [3.05, 3.63) is 28.5 Å². The van der Waals surface area contributed by atoms with E-state index < -0.39 is 5.60 Å². The molecule has 0 unspecified atom stereocenters. The van der Waals surface area contributed by atoms with E-state index >= 15 is 0 Å². The Kier molecular flexibility index (Phi) is 3.97. The van der Waals surface area contributed by atoms with E-state index in [0.29, 0.717) is 43.5 Å². The average molecular weight is 354 g/mol. The van der Waals surface area contributed by atoms with Crippen molar-refractivity contribution in [1.29, 1.82) is 0 Å². The highest BCUT2D eigenvalue weighted by atomic mass is 79.9. The monoisotopic (exact) mass is 353 g/mol. The minimum absolute atomic E-state index is 0.452. The zero-order valence-electron chi connectivity index (χ0n) is 11.6. The maximum atomic E-state index is 5.78. The summed E-state index contributed by atoms with van der Waals surface area (Å²) in [7, 11) is 1.67. The quantitative estimate of drug-likeness (QED) is 0.854. The van der Waals surface area contributed by atoms with Crippen LogP contribution in [0.5, 0.6) is 0 Å². The first-order valence-electron chi connectivity index (χ1n) is 6.67. The molecular weight excluding hydrogens is 338 g/mol. The van der Waals surface area contributed by atoms with E-state index in [2.05, 4.69) is 26.1 Å². The first kappa shape index (κ1) is 14.5. The summed E-state index contributed by atoms with van der Waals surface area (Å²) >= 11 is 3.39. The number of benzene rings is 1. The number of nitrogens with two attached hydrogens (primary N) is 1. The maximum Gasteiger partial charge on any atom is 0.258 e. The van der Waals surface area contributed by atoms with Crippen molar-refractivity contribution in [3.63, 3.8) is 0 Å². The molecule has 2 heterocycles. The molecule has 6 nitrogen and oxygen atoms in total. The van der Waals surface area contributed by atoms with Gasteiger partial charge in [-0.05, 0) is 34.1 Å². The fourth-order valence-corrected chi connectivity index (χ4v) is 2.78. The molecule has 0 saturated carbocycles. The zero-order chi connectivity index (χ0) is 14.9. The summed E-state index contributed by atoms with van der Waals surface area (Å²) in [5.74, 6) is 1.02. The lowest BCUT2D eigenvalue weighted by Gasteiger charge is -2.32. The Bertz CT molecular complexity index is 638. The van der Waals surface area contributed by atoms with Crippen molar-refractivity contribution in [1.82, 2.24) is 10.1 Å². The second-order valence-electron chi connectivity index (χ2n) is 4.97. The van der Waals surface area contributed by atoms with Crippen molar-refractivity contribution in [3.8, 4) is 11.5 Å². The molecule has 21 heavy (non-hydrogen) atoms. The van der Waals surface area contributed by atoms with Crippen LogP contribution in [0, 0.1) is 0 Å². The average Bonchev–Trinajstić information content (AvgIpc) is 3.01. The summed E-state index contributed by atoms with van der Waals surface area (Å²) in [6, 6.07) is 5.50. The van der Waals surface area contributed by atoms with Crippen molar-refractivity contribution < 1.29 is 14.0 Å². The third-order valence-corrected chi connectivity index (χ3v) is 4.46. The van der Waals surface area contributed by atoms with Crippen LogP contribution >= 0.6 is 15.9 Å². The van der Waals surface area contributed by atoms with Gasteiger partial charge in [0.2, 0.25) is 5.82 Å². The van der Waals surface area contributed by atoms with E-state index in [-0.39, 0.29) is 0 Å². The van der Waals surface area contributed by atoms with E-state index in [1.165, 1.54) is 0 Å². The predicted molar refractivity (Wildman–Crippen MR) is 80.6 cm³/mol. The third kappa shape index (κ3) is 2.68. The molecular formula is C14H16BrN3O3. The van der Waals surface area contributed by atoms with Gasteiger partial charge in [-0.25, -0.2) is 0 Å². The van der Waals surface area contributed by atoms with Crippen LogP contribution in [0.3, 0.4) is 0 Å². The number of aromatic nitrogens is 2. The van der Waals surface area contributed by atoms with Crippen LogP contribution in [0.1, 0.15) is 18.7 Å². The van der Waals surface area contributed by atoms with Crippen molar-refractivity contribution in [2.24, 2.45) is 0 Å². The van der Waals surface area contributed by atoms with Crippen LogP contribution in [0.25, 0.3) is 11.5 Å². The molecule has 0 bridgehead atoms. The highest BCUT2D eigenvalue weighted by Crippen LogP contribution is 2.35. The van der Waals surface area contributed by atoms with E-state index in [4.69, 9.17) is 19.7 Å². The van der Waals surface area contributed by atoms with E-state index in [9.17, 15) is 0 Å². The standard InChI is InChI=1S/C14H16BrN3O3/c1-19-14(4-6-20-7-5-14)13-17-12(21-18-13)9-2-3-11(16)10(15)8-9/h2-3,8H,4-7,16H2,1H3. The third-order valence-electron chi connectivity index (χ3n) is 3.77. The van der Waals surface area contributed by atoms with Gasteiger partial charge in [0.15, 0.2) is 0 Å². The molecule has 1 aliphatic rings. The van der Waals surface area contributed by atoms with E-state index in [1.807, 2.05) is 12.1 Å². The lowest BCUT2D eigenvalue weighted by atomic mass is 9.93. The Labute approximate surface area is 130 Å². The van der Waals surface area contributed by atoms with Crippen LogP contribution in [-0.2, 0) is 15.1 Å². The highest BCUT2D eigenvalue weighted by molar-refractivity contribution is 9.10. The largest absolute Gasteiger partial charge is 0.398 e. The lowest BCUT2D eigenvalue weighted by Crippen LogP contribution is -2.36. The zero-order valence-corrected chi connectivity index (χ0v) is 13.2. The molecule has 0 amide bonds. The van der Waals surface area contributed by atoms with Gasteiger partial charge in [0, 0.05) is 48.9 Å². The van der Waals surface area contributed by atoms with Gasteiger partial charge in [-0.3, -0.25) is 0 Å². The molecule has 0 aliphatic carbocycles. The van der Waals surface area contributed by atoms with Crippen molar-refractivity contribution >= 4 is 21.6 Å². The number of rotatable bonds is 3. The Morgan fingerprint density at radius 2 is 2.10 bits per heavy atom. The fourth-order valence-electron chi connectivity index (χ4n) is 2.41. The molecule has 0 atom stereocenters. The van der Waals surface area contributed by atoms with Crippen LogP contribution in [0.4, 0.5) is 5.69 Å². The van der Waals surface area contributed by atoms with Crippen LogP contribution in [0.2, 0.25) is 0 Å². The van der Waals surface area contributed by atoms with E-state index in [0.717, 1.165) is 10.0 Å². The Hall–Kier alpha value is -1.44. The Morgan fingerprint density at radius 1 is 1.33 bits per heavy atom. The van der Waals surface area contributed by atoms with Gasteiger partial charge in [0.25, 0.3) is 5.89 Å². The summed E-state index contributed by atoms with van der Waals surface area (Å²) in [5.41, 5.74) is 6.74. The fraction of sp³-hybridized carbons (Fsp3) is 0.429. The number of hydrogen-bond donors (Lipinski definition) is 1. The molecule has 1 saturated heterocycles. The Morgan fingerprint density at radius 3 is 2.76 bits per heavy atom. The Balaban J connectivity index is 1.93. The highest BCUT2D eigenvalue weighted by Gasteiger charge is 2.39. The first-order chi connectivity index (χ1) is 10.1. The van der Waals surface area contributed by atoms with Gasteiger partial charge in [0.1, 0.15) is 5.60 Å². The SMILES string of the molecule is COC1(c2noc(-c3ccc(N)c(Br)c3)n2)CCOCC1. The van der Waals surface area contributed by atoms with Crippen LogP contribution in [-0.4, -0.2) is 30.5 Å². The smallest absolute Gasteiger partial charge is 0.258 e. The minimum atomic E-state index is -0.523. The van der Waals surface area contributed by atoms with Gasteiger partial charge in [-0.1, -0.05) is 5.16 Å². The number of ether oxygens (including phenoxy) is 2. The van der Waals surface area contributed by atoms with E-state index in [1.54, 1.807) is 13.2 Å². The van der Waals surface area contributed by atoms with Crippen molar-refractivity contribution in [2.75, 3.05) is 26.1 Å². The van der Waals surface area contributed by atoms with Crippen molar-refractivity contribution in [2.45, 2.75) is 18.4 Å². The molecule has 2 N–H and O–H groups in total. The van der Waals surface area contributed by atoms with Crippen LogP contribution < -0.4 is 5.73 Å². The second-order valence-corrected chi connectivity index (χ2v) is 5.82. The maximum absolute atomic E-state index is 5.78. The van der Waals surface area contributed by atoms with Gasteiger partial charge in [-0.15, -0.1) is 0 Å². The number of anilines is 1. The number of nitrogens with zero attached hydrogens (tertiary/aromatic N) is 2. The second kappa shape index (κ2) is 5.75. The number of halogens is 1. The number of hydrogen-bond acceptors (Lipinski definition) is 6. The molecule has 2 aromatic rings. The molecule has 1 fully saturated rings. The van der Waals surface area contributed by atoms with Crippen LogP contribution in [0.15, 0.2) is 27.2 Å². The summed E-state index contributed by atoms with van der Waals surface area (Å²) in [6.07, 6.45) is 1.43. The normalized spacial score (nSPS) is 17.8. The molecule has 1 aliphatic heterocycles. The summed E-state index contributed by atoms with van der Waals surface area (Å²) in [6.45, 7) is 1.26. The predicted octanol–water partition coefficient (Wildman–Crippen LogP) is 2.73. The summed E-state index contributed by atoms with van der Waals surface area (Å²) in [4.78, 5) is 4.50. The molecule has 112 valence electrons. The first-order valence-corrected chi connectivity index (χ1v) is 7.46. The number of methoxy groups -OCH3 is 1. The summed E-state index contributed by atoms with van der Waals surface area (Å²) < 4.78 is 17.2. The molecule has 7 heteroatoms. The topological polar surface area (TPSA) is 83.4 Å². The molecule has 3 rings (SSSR count). The number of nitrogen functional groups attached to an aromatic ring is 1. The van der Waals surface area contributed by atoms with Gasteiger partial charge >= 0.3 is 0 Å². The lowest BCUT2D eigenvalue weighted by molar-refractivity contribution is -0.101. The van der Waals surface area contributed by atoms with Gasteiger partial charge in [0.05, 0.1) is 0 Å².